The summed E-state index contributed by atoms with van der Waals surface area (Å²) in [6, 6.07) is 0. The Balaban J connectivity index is 0.00000242. The Morgan fingerprint density at radius 1 is 1.32 bits per heavy atom. The predicted octanol–water partition coefficient (Wildman–Crippen LogP) is 0.383. The Hall–Kier alpha value is -0.940. The molecule has 1 aromatic heterocycles. The zero-order valence-corrected chi connectivity index (χ0v) is 15.5. The van der Waals surface area contributed by atoms with Gasteiger partial charge < -0.3 is 19.9 Å². The molecule has 0 unspecified atom stereocenters. The van der Waals surface area contributed by atoms with Gasteiger partial charge in [-0.3, -0.25) is 4.90 Å². The second kappa shape index (κ2) is 10.7. The number of rotatable bonds is 6. The van der Waals surface area contributed by atoms with Gasteiger partial charge in [0, 0.05) is 32.7 Å². The van der Waals surface area contributed by atoms with E-state index >= 15 is 0 Å². The van der Waals surface area contributed by atoms with E-state index in [1.807, 2.05) is 6.92 Å². The van der Waals surface area contributed by atoms with Gasteiger partial charge in [-0.2, -0.15) is 4.98 Å². The standard InChI is InChI=1S/C13H24N6O2.HI/c1-3-14-13(16-10-12-17-11(2)18-21-12)15-4-5-19-6-8-20-9-7-19;/h3-10H2,1-2H3,(H2,14,15,16);1H. The SMILES string of the molecule is CCNC(=NCc1nc(C)no1)NCCN1CCOCC1.I. The normalized spacial score (nSPS) is 16.2. The van der Waals surface area contributed by atoms with E-state index in [4.69, 9.17) is 9.26 Å². The maximum Gasteiger partial charge on any atom is 0.248 e. The van der Waals surface area contributed by atoms with Crippen molar-refractivity contribution in [3.05, 3.63) is 11.7 Å². The molecule has 0 radical (unpaired) electrons. The molecule has 1 aliphatic heterocycles. The highest BCUT2D eigenvalue weighted by Gasteiger charge is 2.09. The Morgan fingerprint density at radius 3 is 2.73 bits per heavy atom. The number of aromatic nitrogens is 2. The molecule has 0 amide bonds. The first-order valence-corrected chi connectivity index (χ1v) is 7.39. The molecule has 2 rings (SSSR count). The number of hydrogen-bond acceptors (Lipinski definition) is 6. The summed E-state index contributed by atoms with van der Waals surface area (Å²) >= 11 is 0. The van der Waals surface area contributed by atoms with Crippen LogP contribution in [0.25, 0.3) is 0 Å². The average molecular weight is 424 g/mol. The lowest BCUT2D eigenvalue weighted by atomic mass is 10.4. The van der Waals surface area contributed by atoms with Gasteiger partial charge in [0.05, 0.1) is 13.2 Å². The van der Waals surface area contributed by atoms with Gasteiger partial charge in [-0.05, 0) is 13.8 Å². The van der Waals surface area contributed by atoms with Gasteiger partial charge in [-0.25, -0.2) is 4.99 Å². The maximum atomic E-state index is 5.33. The van der Waals surface area contributed by atoms with Gasteiger partial charge in [0.25, 0.3) is 0 Å². The molecular weight excluding hydrogens is 399 g/mol. The van der Waals surface area contributed by atoms with E-state index < -0.39 is 0 Å². The van der Waals surface area contributed by atoms with Gasteiger partial charge in [0.1, 0.15) is 6.54 Å². The topological polar surface area (TPSA) is 87.8 Å². The summed E-state index contributed by atoms with van der Waals surface area (Å²) in [5, 5.41) is 10.3. The molecule has 0 bridgehead atoms. The number of guanidine groups is 1. The molecule has 0 atom stereocenters. The molecule has 9 heteroatoms. The highest BCUT2D eigenvalue weighted by Crippen LogP contribution is 1.97. The summed E-state index contributed by atoms with van der Waals surface area (Å²) in [6.07, 6.45) is 0. The molecule has 0 spiro atoms. The number of morpholine rings is 1. The van der Waals surface area contributed by atoms with E-state index in [9.17, 15) is 0 Å². The van der Waals surface area contributed by atoms with Gasteiger partial charge in [-0.15, -0.1) is 24.0 Å². The van der Waals surface area contributed by atoms with Crippen LogP contribution in [0.2, 0.25) is 0 Å². The van der Waals surface area contributed by atoms with Crippen molar-refractivity contribution < 1.29 is 9.26 Å². The number of hydrogen-bond donors (Lipinski definition) is 2. The summed E-state index contributed by atoms with van der Waals surface area (Å²) < 4.78 is 10.4. The number of nitrogens with zero attached hydrogens (tertiary/aromatic N) is 4. The highest BCUT2D eigenvalue weighted by molar-refractivity contribution is 14.0. The zero-order chi connectivity index (χ0) is 14.9. The number of nitrogens with one attached hydrogen (secondary N) is 2. The van der Waals surface area contributed by atoms with Crippen LogP contribution in [0.3, 0.4) is 0 Å². The van der Waals surface area contributed by atoms with Crippen molar-refractivity contribution in [2.75, 3.05) is 45.9 Å². The van der Waals surface area contributed by atoms with Gasteiger partial charge >= 0.3 is 0 Å². The summed E-state index contributed by atoms with van der Waals surface area (Å²) in [6.45, 7) is 10.5. The second-order valence-electron chi connectivity index (χ2n) is 4.81. The van der Waals surface area contributed by atoms with Crippen LogP contribution >= 0.6 is 24.0 Å². The average Bonchev–Trinajstić information content (AvgIpc) is 2.91. The highest BCUT2D eigenvalue weighted by atomic mass is 127. The van der Waals surface area contributed by atoms with Crippen LogP contribution in [0, 0.1) is 6.92 Å². The van der Waals surface area contributed by atoms with E-state index in [1.165, 1.54) is 0 Å². The van der Waals surface area contributed by atoms with Crippen molar-refractivity contribution in [3.63, 3.8) is 0 Å². The molecule has 0 aromatic carbocycles. The second-order valence-corrected chi connectivity index (χ2v) is 4.81. The number of halogens is 1. The third-order valence-electron chi connectivity index (χ3n) is 3.11. The first-order valence-electron chi connectivity index (χ1n) is 7.39. The van der Waals surface area contributed by atoms with Crippen LogP contribution in [0.15, 0.2) is 9.52 Å². The van der Waals surface area contributed by atoms with E-state index in [2.05, 4.69) is 30.7 Å². The predicted molar refractivity (Wildman–Crippen MR) is 94.5 cm³/mol. The Kier molecular flexibility index (Phi) is 9.32. The fourth-order valence-corrected chi connectivity index (χ4v) is 2.05. The van der Waals surface area contributed by atoms with E-state index in [-0.39, 0.29) is 24.0 Å². The fraction of sp³-hybridized carbons (Fsp3) is 0.769. The summed E-state index contributed by atoms with van der Waals surface area (Å²) in [4.78, 5) is 10.9. The first-order chi connectivity index (χ1) is 10.3. The molecule has 22 heavy (non-hydrogen) atoms. The van der Waals surface area contributed by atoms with Crippen molar-refractivity contribution in [1.29, 1.82) is 0 Å². The summed E-state index contributed by atoms with van der Waals surface area (Å²) in [5.41, 5.74) is 0. The van der Waals surface area contributed by atoms with Gasteiger partial charge in [0.15, 0.2) is 11.8 Å². The quantitative estimate of drug-likeness (QED) is 0.388. The molecule has 2 heterocycles. The van der Waals surface area contributed by atoms with Crippen LogP contribution in [-0.2, 0) is 11.3 Å². The number of aliphatic imine (C=N–C) groups is 1. The monoisotopic (exact) mass is 424 g/mol. The Bertz CT molecular complexity index is 447. The van der Waals surface area contributed by atoms with Crippen molar-refractivity contribution >= 4 is 29.9 Å². The molecule has 8 nitrogen and oxygen atoms in total. The lowest BCUT2D eigenvalue weighted by Gasteiger charge is -2.26. The van der Waals surface area contributed by atoms with Crippen LogP contribution in [0.1, 0.15) is 18.6 Å². The van der Waals surface area contributed by atoms with Crippen molar-refractivity contribution in [3.8, 4) is 0 Å². The minimum absolute atomic E-state index is 0. The van der Waals surface area contributed by atoms with Crippen LogP contribution in [0.5, 0.6) is 0 Å². The number of aryl methyl sites for hydroxylation is 1. The molecule has 1 saturated heterocycles. The number of ether oxygens (including phenoxy) is 1. The lowest BCUT2D eigenvalue weighted by molar-refractivity contribution is 0.0389. The van der Waals surface area contributed by atoms with E-state index in [0.717, 1.165) is 51.9 Å². The zero-order valence-electron chi connectivity index (χ0n) is 13.2. The largest absolute Gasteiger partial charge is 0.379 e. The molecular formula is C13H25IN6O2. The lowest BCUT2D eigenvalue weighted by Crippen LogP contribution is -2.44. The maximum absolute atomic E-state index is 5.33. The molecule has 1 fully saturated rings. The third-order valence-corrected chi connectivity index (χ3v) is 3.11. The van der Waals surface area contributed by atoms with E-state index in [1.54, 1.807) is 6.92 Å². The smallest absolute Gasteiger partial charge is 0.248 e. The molecule has 126 valence electrons. The Morgan fingerprint density at radius 2 is 2.09 bits per heavy atom. The van der Waals surface area contributed by atoms with Crippen molar-refractivity contribution in [2.24, 2.45) is 4.99 Å². The molecule has 2 N–H and O–H groups in total. The minimum atomic E-state index is 0. The van der Waals surface area contributed by atoms with Crippen molar-refractivity contribution in [2.45, 2.75) is 20.4 Å². The summed E-state index contributed by atoms with van der Waals surface area (Å²) in [5.74, 6) is 1.92. The third kappa shape index (κ3) is 6.88. The molecule has 1 aliphatic rings. The molecule has 0 saturated carbocycles. The van der Waals surface area contributed by atoms with E-state index in [0.29, 0.717) is 18.3 Å². The summed E-state index contributed by atoms with van der Waals surface area (Å²) in [7, 11) is 0. The van der Waals surface area contributed by atoms with Crippen LogP contribution < -0.4 is 10.6 Å². The fourth-order valence-electron chi connectivity index (χ4n) is 2.05. The van der Waals surface area contributed by atoms with Crippen LogP contribution in [-0.4, -0.2) is 66.9 Å². The van der Waals surface area contributed by atoms with Gasteiger partial charge in [0.2, 0.25) is 5.89 Å². The van der Waals surface area contributed by atoms with Gasteiger partial charge in [-0.1, -0.05) is 5.16 Å². The Labute approximate surface area is 148 Å². The van der Waals surface area contributed by atoms with Crippen molar-refractivity contribution in [1.82, 2.24) is 25.7 Å². The minimum Gasteiger partial charge on any atom is -0.379 e. The first kappa shape index (κ1) is 19.1. The van der Waals surface area contributed by atoms with Crippen LogP contribution in [0.4, 0.5) is 0 Å². The molecule has 1 aromatic rings. The molecule has 0 aliphatic carbocycles.